The number of rotatable bonds is 7. The molecule has 8 nitrogen and oxygen atoms in total. The summed E-state index contributed by atoms with van der Waals surface area (Å²) in [4.78, 5) is 8.59. The van der Waals surface area contributed by atoms with Gasteiger partial charge in [0.25, 0.3) is 0 Å². The minimum Gasteiger partial charge on any atom is -0.488 e. The lowest BCUT2D eigenvalue weighted by Gasteiger charge is -2.18. The monoisotopic (exact) mass is 560 g/mol. The third kappa shape index (κ3) is 6.23. The van der Waals surface area contributed by atoms with E-state index in [0.29, 0.717) is 36.5 Å². The van der Waals surface area contributed by atoms with E-state index in [1.165, 1.54) is 0 Å². The van der Waals surface area contributed by atoms with Gasteiger partial charge in [-0.15, -0.1) is 29.1 Å². The third-order valence-electron chi connectivity index (χ3n) is 3.64. The van der Waals surface area contributed by atoms with E-state index in [9.17, 15) is 0 Å². The first-order valence-electron chi connectivity index (χ1n) is 8.46. The van der Waals surface area contributed by atoms with Crippen LogP contribution in [-0.4, -0.2) is 40.8 Å². The maximum atomic E-state index is 5.92. The van der Waals surface area contributed by atoms with Gasteiger partial charge in [-0.1, -0.05) is 12.1 Å². The number of H-pyrrole nitrogens is 1. The summed E-state index contributed by atoms with van der Waals surface area (Å²) in [6, 6.07) is 11.4. The van der Waals surface area contributed by atoms with Crippen LogP contribution >= 0.6 is 39.9 Å². The molecule has 0 amide bonds. The molecule has 150 valence electrons. The molecule has 0 saturated heterocycles. The summed E-state index contributed by atoms with van der Waals surface area (Å²) in [6.07, 6.45) is 1.55. The average molecular weight is 561 g/mol. The molecule has 0 aliphatic rings. The van der Waals surface area contributed by atoms with Crippen molar-refractivity contribution < 1.29 is 9.15 Å². The first-order valence-corrected chi connectivity index (χ1v) is 9.26. The van der Waals surface area contributed by atoms with Crippen LogP contribution in [0.5, 0.6) is 5.75 Å². The first-order chi connectivity index (χ1) is 13.2. The summed E-state index contributed by atoms with van der Waals surface area (Å²) in [5.41, 5.74) is 0. The fourth-order valence-corrected chi connectivity index (χ4v) is 2.70. The highest BCUT2D eigenvalue weighted by atomic mass is 127. The van der Waals surface area contributed by atoms with Crippen LogP contribution in [0.4, 0.5) is 0 Å². The molecule has 1 aromatic carbocycles. The van der Waals surface area contributed by atoms with Gasteiger partial charge in [-0.2, -0.15) is 0 Å². The van der Waals surface area contributed by atoms with Crippen molar-refractivity contribution in [2.24, 2.45) is 4.99 Å². The molecule has 0 bridgehead atoms. The predicted octanol–water partition coefficient (Wildman–Crippen LogP) is 3.58. The Balaban J connectivity index is 0.00000280. The normalized spacial score (nSPS) is 12.2. The molecule has 0 saturated carbocycles. The number of aromatic nitrogens is 3. The van der Waals surface area contributed by atoms with Gasteiger partial charge in [-0.3, -0.25) is 10.1 Å². The summed E-state index contributed by atoms with van der Waals surface area (Å²) in [5, 5.41) is 13.4. The fraction of sp³-hybridized carbons (Fsp3) is 0.278. The van der Waals surface area contributed by atoms with Crippen LogP contribution in [0.1, 0.15) is 12.7 Å². The summed E-state index contributed by atoms with van der Waals surface area (Å²) >= 11 is 3.48. The molecule has 3 rings (SSSR count). The molecule has 1 unspecified atom stereocenters. The van der Waals surface area contributed by atoms with Gasteiger partial charge in [0.1, 0.15) is 17.7 Å². The summed E-state index contributed by atoms with van der Waals surface area (Å²) < 4.78 is 12.1. The Bertz CT molecular complexity index is 884. The molecular formula is C18H22BrIN6O2. The Labute approximate surface area is 188 Å². The van der Waals surface area contributed by atoms with Crippen molar-refractivity contribution in [3.8, 4) is 17.3 Å². The van der Waals surface area contributed by atoms with Gasteiger partial charge in [-0.05, 0) is 47.1 Å². The van der Waals surface area contributed by atoms with Crippen LogP contribution in [0.25, 0.3) is 11.6 Å². The van der Waals surface area contributed by atoms with Gasteiger partial charge in [-0.25, -0.2) is 4.98 Å². The number of benzene rings is 1. The van der Waals surface area contributed by atoms with Gasteiger partial charge in [0.05, 0.1) is 23.8 Å². The predicted molar refractivity (Wildman–Crippen MR) is 122 cm³/mol. The lowest BCUT2D eigenvalue weighted by atomic mass is 10.3. The Morgan fingerprint density at radius 2 is 2.11 bits per heavy atom. The fourth-order valence-electron chi connectivity index (χ4n) is 2.32. The molecule has 0 aliphatic heterocycles. The molecule has 28 heavy (non-hydrogen) atoms. The van der Waals surface area contributed by atoms with Crippen molar-refractivity contribution in [1.82, 2.24) is 25.8 Å². The van der Waals surface area contributed by atoms with E-state index < -0.39 is 0 Å². The maximum Gasteiger partial charge on any atom is 0.216 e. The second kappa shape index (κ2) is 11.1. The molecule has 0 fully saturated rings. The lowest BCUT2D eigenvalue weighted by molar-refractivity contribution is 0.222. The Morgan fingerprint density at radius 3 is 2.82 bits per heavy atom. The topological polar surface area (TPSA) is 100 Å². The molecule has 0 spiro atoms. The summed E-state index contributed by atoms with van der Waals surface area (Å²) in [6.45, 7) is 3.04. The Kier molecular flexibility index (Phi) is 8.77. The molecule has 2 heterocycles. The van der Waals surface area contributed by atoms with E-state index in [0.717, 1.165) is 10.2 Å². The second-order valence-corrected chi connectivity index (χ2v) is 6.60. The van der Waals surface area contributed by atoms with E-state index in [1.807, 2.05) is 37.3 Å². The first kappa shape index (κ1) is 22.2. The number of nitrogens with zero attached hydrogens (tertiary/aromatic N) is 3. The van der Waals surface area contributed by atoms with Gasteiger partial charge in [0.2, 0.25) is 5.82 Å². The van der Waals surface area contributed by atoms with Crippen LogP contribution in [0.15, 0.2) is 56.5 Å². The molecule has 1 atom stereocenters. The van der Waals surface area contributed by atoms with Crippen LogP contribution in [0.2, 0.25) is 0 Å². The number of aromatic amines is 1. The van der Waals surface area contributed by atoms with E-state index in [1.54, 1.807) is 19.4 Å². The van der Waals surface area contributed by atoms with E-state index in [-0.39, 0.29) is 30.1 Å². The van der Waals surface area contributed by atoms with Gasteiger partial charge >= 0.3 is 0 Å². The number of hydrogen-bond acceptors (Lipinski definition) is 5. The quantitative estimate of drug-likeness (QED) is 0.232. The number of nitrogens with one attached hydrogen (secondary N) is 3. The number of ether oxygens (including phenoxy) is 1. The van der Waals surface area contributed by atoms with Crippen molar-refractivity contribution >= 4 is 45.9 Å². The highest BCUT2D eigenvalue weighted by Crippen LogP contribution is 2.24. The van der Waals surface area contributed by atoms with Crippen LogP contribution in [-0.2, 0) is 6.54 Å². The number of aliphatic imine (C=N–C) groups is 1. The molecule has 0 aliphatic carbocycles. The number of para-hydroxylation sites is 1. The van der Waals surface area contributed by atoms with Gasteiger partial charge in [0, 0.05) is 7.05 Å². The second-order valence-electron chi connectivity index (χ2n) is 5.75. The number of furan rings is 1. The Hall–Kier alpha value is -2.08. The van der Waals surface area contributed by atoms with E-state index in [2.05, 4.69) is 46.7 Å². The zero-order valence-electron chi connectivity index (χ0n) is 15.5. The number of guanidine groups is 1. The molecule has 10 heteroatoms. The lowest BCUT2D eigenvalue weighted by Crippen LogP contribution is -2.41. The van der Waals surface area contributed by atoms with Crippen molar-refractivity contribution in [2.45, 2.75) is 19.6 Å². The number of halogens is 2. The van der Waals surface area contributed by atoms with Crippen LogP contribution in [0, 0.1) is 0 Å². The largest absolute Gasteiger partial charge is 0.488 e. The molecule has 3 aromatic rings. The zero-order valence-corrected chi connectivity index (χ0v) is 19.4. The summed E-state index contributed by atoms with van der Waals surface area (Å²) in [5.74, 6) is 3.28. The van der Waals surface area contributed by atoms with Crippen molar-refractivity contribution in [3.05, 3.63) is 53.0 Å². The van der Waals surface area contributed by atoms with Crippen molar-refractivity contribution in [1.29, 1.82) is 0 Å². The maximum absolute atomic E-state index is 5.92. The average Bonchev–Trinajstić information content (AvgIpc) is 3.35. The van der Waals surface area contributed by atoms with Crippen molar-refractivity contribution in [2.75, 3.05) is 13.6 Å². The van der Waals surface area contributed by atoms with Gasteiger partial charge < -0.3 is 19.8 Å². The van der Waals surface area contributed by atoms with E-state index >= 15 is 0 Å². The van der Waals surface area contributed by atoms with Gasteiger partial charge in [0.15, 0.2) is 11.7 Å². The molecule has 2 aromatic heterocycles. The minimum atomic E-state index is -0.0434. The van der Waals surface area contributed by atoms with E-state index in [4.69, 9.17) is 9.15 Å². The van der Waals surface area contributed by atoms with Crippen LogP contribution in [0.3, 0.4) is 0 Å². The van der Waals surface area contributed by atoms with Crippen LogP contribution < -0.4 is 15.4 Å². The minimum absolute atomic E-state index is 0. The van der Waals surface area contributed by atoms with Crippen molar-refractivity contribution in [3.63, 3.8) is 0 Å². The molecule has 3 N–H and O–H groups in total. The summed E-state index contributed by atoms with van der Waals surface area (Å²) in [7, 11) is 1.71. The zero-order chi connectivity index (χ0) is 19.1. The molecular weight excluding hydrogens is 539 g/mol. The SMILES string of the molecule is CN=C(NCc1nc(-c2ccco2)n[nH]1)NCC(C)Oc1ccccc1Br.I. The standard InChI is InChI=1S/C18H21BrN6O2.HI/c1-12(27-14-7-4-3-6-13(14)19)10-21-18(20-2)22-11-16-23-17(25-24-16)15-8-5-9-26-15;/h3-9,12H,10-11H2,1-2H3,(H2,20,21,22)(H,23,24,25);1H. The number of hydrogen-bond donors (Lipinski definition) is 3. The highest BCUT2D eigenvalue weighted by Gasteiger charge is 2.10. The smallest absolute Gasteiger partial charge is 0.216 e. The third-order valence-corrected chi connectivity index (χ3v) is 4.30. The highest BCUT2D eigenvalue weighted by molar-refractivity contribution is 14.0. The Morgan fingerprint density at radius 1 is 1.29 bits per heavy atom. The molecule has 0 radical (unpaired) electrons.